The van der Waals surface area contributed by atoms with Crippen molar-refractivity contribution in [2.24, 2.45) is 5.92 Å². The van der Waals surface area contributed by atoms with Gasteiger partial charge in [0.1, 0.15) is 6.10 Å². The van der Waals surface area contributed by atoms with E-state index in [0.717, 1.165) is 21.6 Å². The predicted octanol–water partition coefficient (Wildman–Crippen LogP) is 4.38. The van der Waals surface area contributed by atoms with Crippen molar-refractivity contribution in [1.29, 1.82) is 0 Å². The first-order chi connectivity index (χ1) is 10.5. The molecule has 2 aromatic rings. The van der Waals surface area contributed by atoms with E-state index >= 15 is 0 Å². The third kappa shape index (κ3) is 4.15. The van der Waals surface area contributed by atoms with Crippen molar-refractivity contribution in [2.75, 3.05) is 0 Å². The van der Waals surface area contributed by atoms with Crippen molar-refractivity contribution in [3.05, 3.63) is 76.7 Å². The minimum atomic E-state index is -1.26. The van der Waals surface area contributed by atoms with Crippen LogP contribution >= 0.6 is 0 Å². The average molecular weight is 314 g/mol. The maximum atomic E-state index is 12.5. The summed E-state index contributed by atoms with van der Waals surface area (Å²) in [5, 5.41) is 12.3. The fourth-order valence-electron chi connectivity index (χ4n) is 2.21. The molecule has 0 radical (unpaired) electrons. The van der Waals surface area contributed by atoms with Crippen molar-refractivity contribution in [3.63, 3.8) is 0 Å². The predicted molar refractivity (Wildman–Crippen MR) is 91.9 cm³/mol. The van der Waals surface area contributed by atoms with Crippen LogP contribution in [0.4, 0.5) is 0 Å². The average Bonchev–Trinajstić information content (AvgIpc) is 2.53. The Morgan fingerprint density at radius 2 is 1.64 bits per heavy atom. The summed E-state index contributed by atoms with van der Waals surface area (Å²) in [5.41, 5.74) is 2.74. The molecule has 2 aromatic carbocycles. The summed E-state index contributed by atoms with van der Waals surface area (Å²) < 4.78 is 12.5. The Kier molecular flexibility index (Phi) is 5.69. The van der Waals surface area contributed by atoms with Crippen LogP contribution in [0.25, 0.3) is 0 Å². The summed E-state index contributed by atoms with van der Waals surface area (Å²) in [7, 11) is -1.26. The van der Waals surface area contributed by atoms with Gasteiger partial charge in [0.15, 0.2) is 0 Å². The quantitative estimate of drug-likeness (QED) is 0.889. The molecule has 0 aliphatic rings. The zero-order valence-electron chi connectivity index (χ0n) is 13.2. The van der Waals surface area contributed by atoms with Gasteiger partial charge >= 0.3 is 0 Å². The molecule has 22 heavy (non-hydrogen) atoms. The molecule has 2 rings (SSSR count). The van der Waals surface area contributed by atoms with Crippen molar-refractivity contribution < 1.29 is 9.32 Å². The molecule has 0 heterocycles. The molecule has 0 amide bonds. The Morgan fingerprint density at radius 3 is 2.18 bits per heavy atom. The minimum Gasteiger partial charge on any atom is -0.384 e. The third-order valence-electron chi connectivity index (χ3n) is 3.59. The second-order valence-electron chi connectivity index (χ2n) is 5.70. The molecule has 0 bridgehead atoms. The summed E-state index contributed by atoms with van der Waals surface area (Å²) in [6.07, 6.45) is -0.726. The summed E-state index contributed by atoms with van der Waals surface area (Å²) in [4.78, 5) is 0.754. The fourth-order valence-corrected chi connectivity index (χ4v) is 3.40. The second kappa shape index (κ2) is 7.52. The Bertz CT molecular complexity index is 658. The molecule has 2 nitrogen and oxygen atoms in total. The number of hydrogen-bond acceptors (Lipinski definition) is 2. The van der Waals surface area contributed by atoms with Gasteiger partial charge in [-0.05, 0) is 36.1 Å². The second-order valence-corrected chi connectivity index (χ2v) is 7.00. The van der Waals surface area contributed by atoms with Gasteiger partial charge in [-0.2, -0.15) is 0 Å². The van der Waals surface area contributed by atoms with E-state index in [1.807, 2.05) is 75.4 Å². The smallest absolute Gasteiger partial charge is 0.101 e. The highest BCUT2D eigenvalue weighted by Crippen LogP contribution is 2.28. The molecule has 3 heteroatoms. The lowest BCUT2D eigenvalue weighted by atomic mass is 9.94. The zero-order valence-corrected chi connectivity index (χ0v) is 14.0. The zero-order chi connectivity index (χ0) is 16.1. The van der Waals surface area contributed by atoms with E-state index in [2.05, 4.69) is 0 Å². The van der Waals surface area contributed by atoms with E-state index in [4.69, 9.17) is 0 Å². The lowest BCUT2D eigenvalue weighted by Crippen LogP contribution is -2.08. The summed E-state index contributed by atoms with van der Waals surface area (Å²) in [5.74, 6) is 0.115. The molecule has 1 N–H and O–H groups in total. The Balaban J connectivity index is 2.31. The summed E-state index contributed by atoms with van der Waals surface area (Å²) in [6.45, 7) is 6.01. The van der Waals surface area contributed by atoms with Crippen LogP contribution in [-0.2, 0) is 10.8 Å². The number of aryl methyl sites for hydroxylation is 1. The van der Waals surface area contributed by atoms with Crippen LogP contribution in [0.3, 0.4) is 0 Å². The molecular formula is C19H22O2S. The van der Waals surface area contributed by atoms with Gasteiger partial charge in [0.2, 0.25) is 0 Å². The Labute approximate surface area is 135 Å². The SMILES string of the molecule is Cc1ccc(S(=O)/C=C(/C(C)C)[C@H](O)c2ccccc2)cc1. The van der Waals surface area contributed by atoms with Crippen LogP contribution in [0.1, 0.15) is 31.1 Å². The van der Waals surface area contributed by atoms with Crippen molar-refractivity contribution in [2.45, 2.75) is 31.8 Å². The molecule has 0 aromatic heterocycles. The van der Waals surface area contributed by atoms with E-state index in [1.54, 1.807) is 5.41 Å². The maximum Gasteiger partial charge on any atom is 0.101 e. The molecule has 1 unspecified atom stereocenters. The fraction of sp³-hybridized carbons (Fsp3) is 0.263. The topological polar surface area (TPSA) is 37.3 Å². The molecule has 0 fully saturated rings. The monoisotopic (exact) mass is 314 g/mol. The van der Waals surface area contributed by atoms with E-state index in [0.29, 0.717) is 0 Å². The number of aliphatic hydroxyl groups excluding tert-OH is 1. The highest BCUT2D eigenvalue weighted by molar-refractivity contribution is 7.88. The van der Waals surface area contributed by atoms with Crippen LogP contribution in [-0.4, -0.2) is 9.32 Å². The van der Waals surface area contributed by atoms with Gasteiger partial charge < -0.3 is 5.11 Å². The third-order valence-corrected chi connectivity index (χ3v) is 4.82. The normalized spacial score (nSPS) is 14.9. The minimum absolute atomic E-state index is 0.115. The Morgan fingerprint density at radius 1 is 1.05 bits per heavy atom. The van der Waals surface area contributed by atoms with Crippen LogP contribution in [0, 0.1) is 12.8 Å². The summed E-state index contributed by atoms with van der Waals surface area (Å²) >= 11 is 0. The first kappa shape index (κ1) is 16.7. The van der Waals surface area contributed by atoms with E-state index in [1.165, 1.54) is 0 Å². The number of hydrogen-bond donors (Lipinski definition) is 1. The van der Waals surface area contributed by atoms with Crippen LogP contribution in [0.15, 0.2) is 70.5 Å². The van der Waals surface area contributed by atoms with E-state index < -0.39 is 16.9 Å². The van der Waals surface area contributed by atoms with Gasteiger partial charge in [-0.1, -0.05) is 61.9 Å². The highest BCUT2D eigenvalue weighted by Gasteiger charge is 2.17. The molecule has 0 aliphatic heterocycles. The molecule has 2 atom stereocenters. The number of rotatable bonds is 5. The van der Waals surface area contributed by atoms with Gasteiger partial charge in [0.05, 0.1) is 10.8 Å². The van der Waals surface area contributed by atoms with E-state index in [-0.39, 0.29) is 5.92 Å². The van der Waals surface area contributed by atoms with Gasteiger partial charge in [0, 0.05) is 10.3 Å². The lowest BCUT2D eigenvalue weighted by molar-refractivity contribution is 0.204. The lowest BCUT2D eigenvalue weighted by Gasteiger charge is -2.18. The van der Waals surface area contributed by atoms with Crippen LogP contribution in [0.2, 0.25) is 0 Å². The standard InChI is InChI=1S/C19H22O2S/c1-14(2)18(19(20)16-7-5-4-6-8-16)13-22(21)17-11-9-15(3)10-12-17/h4-14,19-20H,1-3H3/b18-13-/t19-,22?/m1/s1. The Hall–Kier alpha value is -1.71. The molecule has 0 saturated carbocycles. The first-order valence-corrected chi connectivity index (χ1v) is 8.62. The first-order valence-electron chi connectivity index (χ1n) is 7.41. The molecular weight excluding hydrogens is 292 g/mol. The molecule has 0 saturated heterocycles. The van der Waals surface area contributed by atoms with Gasteiger partial charge in [-0.3, -0.25) is 0 Å². The van der Waals surface area contributed by atoms with Gasteiger partial charge in [0.25, 0.3) is 0 Å². The van der Waals surface area contributed by atoms with Gasteiger partial charge in [-0.25, -0.2) is 4.21 Å². The number of aliphatic hydroxyl groups is 1. The van der Waals surface area contributed by atoms with E-state index in [9.17, 15) is 9.32 Å². The summed E-state index contributed by atoms with van der Waals surface area (Å²) in [6, 6.07) is 17.1. The molecule has 116 valence electrons. The van der Waals surface area contributed by atoms with Crippen molar-refractivity contribution in [1.82, 2.24) is 0 Å². The highest BCUT2D eigenvalue weighted by atomic mass is 32.2. The van der Waals surface area contributed by atoms with Crippen molar-refractivity contribution >= 4 is 10.8 Å². The number of benzene rings is 2. The van der Waals surface area contributed by atoms with Crippen LogP contribution < -0.4 is 0 Å². The van der Waals surface area contributed by atoms with Gasteiger partial charge in [-0.15, -0.1) is 0 Å². The van der Waals surface area contributed by atoms with Crippen LogP contribution in [0.5, 0.6) is 0 Å². The largest absolute Gasteiger partial charge is 0.384 e. The molecule has 0 aliphatic carbocycles. The van der Waals surface area contributed by atoms with Crippen molar-refractivity contribution in [3.8, 4) is 0 Å². The maximum absolute atomic E-state index is 12.5. The molecule has 0 spiro atoms.